The summed E-state index contributed by atoms with van der Waals surface area (Å²) in [6.45, 7) is 5.92. The van der Waals surface area contributed by atoms with Crippen molar-refractivity contribution in [2.24, 2.45) is 0 Å². The van der Waals surface area contributed by atoms with Crippen molar-refractivity contribution < 1.29 is 14.3 Å². The molecule has 0 aliphatic heterocycles. The van der Waals surface area contributed by atoms with Crippen LogP contribution >= 0.6 is 11.8 Å². The Morgan fingerprint density at radius 2 is 1.62 bits per heavy atom. The first-order valence-corrected chi connectivity index (χ1v) is 8.58. The van der Waals surface area contributed by atoms with E-state index in [9.17, 15) is 4.79 Å². The highest BCUT2D eigenvalue weighted by molar-refractivity contribution is 8.00. The van der Waals surface area contributed by atoms with Crippen molar-refractivity contribution in [3.63, 3.8) is 0 Å². The van der Waals surface area contributed by atoms with Crippen LogP contribution in [-0.2, 0) is 4.79 Å². The number of aryl methyl sites for hydroxylation is 2. The molecule has 1 amide bonds. The predicted octanol–water partition coefficient (Wildman–Crippen LogP) is 4.44. The van der Waals surface area contributed by atoms with E-state index in [-0.39, 0.29) is 11.2 Å². The molecule has 0 bridgehead atoms. The molecule has 128 valence electrons. The number of rotatable bonds is 6. The second-order valence-electron chi connectivity index (χ2n) is 5.64. The molecular weight excluding hydrogens is 322 g/mol. The number of nitrogens with one attached hydrogen (secondary N) is 1. The minimum Gasteiger partial charge on any atom is -0.493 e. The number of methoxy groups -OCH3 is 2. The number of anilines is 1. The minimum absolute atomic E-state index is 0.0280. The molecule has 0 unspecified atom stereocenters. The number of hydrogen-bond acceptors (Lipinski definition) is 4. The third kappa shape index (κ3) is 4.68. The quantitative estimate of drug-likeness (QED) is 0.786. The minimum atomic E-state index is -0.232. The summed E-state index contributed by atoms with van der Waals surface area (Å²) in [6.07, 6.45) is 0. The number of carbonyl (C=O) groups is 1. The van der Waals surface area contributed by atoms with Gasteiger partial charge < -0.3 is 14.8 Å². The zero-order valence-corrected chi connectivity index (χ0v) is 15.5. The van der Waals surface area contributed by atoms with Crippen molar-refractivity contribution in [1.29, 1.82) is 0 Å². The first-order valence-electron chi connectivity index (χ1n) is 7.70. The van der Waals surface area contributed by atoms with Crippen molar-refractivity contribution in [1.82, 2.24) is 0 Å². The van der Waals surface area contributed by atoms with Crippen LogP contribution in [-0.4, -0.2) is 25.4 Å². The largest absolute Gasteiger partial charge is 0.493 e. The Bertz CT molecular complexity index is 710. The zero-order valence-electron chi connectivity index (χ0n) is 14.7. The fourth-order valence-electron chi connectivity index (χ4n) is 2.44. The van der Waals surface area contributed by atoms with Crippen molar-refractivity contribution in [3.8, 4) is 11.5 Å². The van der Waals surface area contributed by atoms with E-state index in [1.54, 1.807) is 14.2 Å². The molecule has 0 radical (unpaired) electrons. The van der Waals surface area contributed by atoms with E-state index in [0.29, 0.717) is 11.5 Å². The van der Waals surface area contributed by atoms with Gasteiger partial charge in [-0.2, -0.15) is 0 Å². The molecule has 5 heteroatoms. The molecular formula is C19H23NO3S. The van der Waals surface area contributed by atoms with Crippen LogP contribution in [0.5, 0.6) is 11.5 Å². The summed E-state index contributed by atoms with van der Waals surface area (Å²) in [7, 11) is 3.20. The summed E-state index contributed by atoms with van der Waals surface area (Å²) in [4.78, 5) is 13.4. The van der Waals surface area contributed by atoms with Crippen LogP contribution in [0.2, 0.25) is 0 Å². The number of hydrogen-bond donors (Lipinski definition) is 1. The zero-order chi connectivity index (χ0) is 17.7. The van der Waals surface area contributed by atoms with E-state index in [1.165, 1.54) is 11.8 Å². The maximum absolute atomic E-state index is 12.4. The molecule has 0 spiro atoms. The van der Waals surface area contributed by atoms with Gasteiger partial charge in [0, 0.05) is 10.6 Å². The lowest BCUT2D eigenvalue weighted by atomic mass is 10.1. The van der Waals surface area contributed by atoms with Gasteiger partial charge in [-0.1, -0.05) is 6.07 Å². The van der Waals surface area contributed by atoms with Crippen molar-refractivity contribution >= 4 is 23.4 Å². The van der Waals surface area contributed by atoms with Gasteiger partial charge in [0.25, 0.3) is 0 Å². The third-order valence-electron chi connectivity index (χ3n) is 3.53. The lowest BCUT2D eigenvalue weighted by Crippen LogP contribution is -2.22. The Morgan fingerprint density at radius 1 is 1.00 bits per heavy atom. The van der Waals surface area contributed by atoms with Gasteiger partial charge in [0.05, 0.1) is 19.5 Å². The number of carbonyl (C=O) groups excluding carboxylic acids is 1. The second kappa shape index (κ2) is 8.11. The van der Waals surface area contributed by atoms with E-state index < -0.39 is 0 Å². The number of ether oxygens (including phenoxy) is 2. The van der Waals surface area contributed by atoms with Gasteiger partial charge in [-0.25, -0.2) is 0 Å². The Morgan fingerprint density at radius 3 is 2.21 bits per heavy atom. The van der Waals surface area contributed by atoms with Gasteiger partial charge in [-0.3, -0.25) is 4.79 Å². The van der Waals surface area contributed by atoms with Gasteiger partial charge in [0.1, 0.15) is 0 Å². The van der Waals surface area contributed by atoms with E-state index in [2.05, 4.69) is 11.4 Å². The van der Waals surface area contributed by atoms with Crippen LogP contribution in [0.4, 0.5) is 5.69 Å². The van der Waals surface area contributed by atoms with Crippen LogP contribution in [0, 0.1) is 13.8 Å². The molecule has 2 aromatic carbocycles. The van der Waals surface area contributed by atoms with Gasteiger partial charge in [-0.05, 0) is 62.2 Å². The van der Waals surface area contributed by atoms with Gasteiger partial charge >= 0.3 is 0 Å². The highest BCUT2D eigenvalue weighted by atomic mass is 32.2. The molecule has 0 aliphatic rings. The van der Waals surface area contributed by atoms with Gasteiger partial charge in [0.2, 0.25) is 5.91 Å². The Hall–Kier alpha value is -2.14. The Labute approximate surface area is 147 Å². The molecule has 0 saturated carbocycles. The topological polar surface area (TPSA) is 47.6 Å². The molecule has 2 aromatic rings. The summed E-state index contributed by atoms with van der Waals surface area (Å²) in [5.41, 5.74) is 3.09. The fourth-order valence-corrected chi connectivity index (χ4v) is 3.33. The summed E-state index contributed by atoms with van der Waals surface area (Å²) in [6, 6.07) is 11.7. The van der Waals surface area contributed by atoms with E-state index >= 15 is 0 Å². The van der Waals surface area contributed by atoms with E-state index in [1.807, 2.05) is 51.1 Å². The molecule has 0 saturated heterocycles. The normalized spacial score (nSPS) is 11.7. The predicted molar refractivity (Wildman–Crippen MR) is 99.4 cm³/mol. The molecule has 24 heavy (non-hydrogen) atoms. The number of benzene rings is 2. The first-order chi connectivity index (χ1) is 11.4. The molecule has 1 N–H and O–H groups in total. The summed E-state index contributed by atoms with van der Waals surface area (Å²) >= 11 is 1.48. The second-order valence-corrected chi connectivity index (χ2v) is 7.06. The fraction of sp³-hybridized carbons (Fsp3) is 0.316. The van der Waals surface area contributed by atoms with Gasteiger partial charge in [-0.15, -0.1) is 11.8 Å². The first kappa shape index (κ1) is 18.2. The van der Waals surface area contributed by atoms with Crippen molar-refractivity contribution in [3.05, 3.63) is 47.5 Å². The Kier molecular flexibility index (Phi) is 6.15. The van der Waals surface area contributed by atoms with Crippen LogP contribution < -0.4 is 14.8 Å². The highest BCUT2D eigenvalue weighted by Gasteiger charge is 2.16. The molecule has 0 heterocycles. The highest BCUT2D eigenvalue weighted by Crippen LogP contribution is 2.33. The Balaban J connectivity index is 2.06. The smallest absolute Gasteiger partial charge is 0.237 e. The molecule has 0 fully saturated rings. The molecule has 0 aromatic heterocycles. The van der Waals surface area contributed by atoms with E-state index in [0.717, 1.165) is 21.7 Å². The van der Waals surface area contributed by atoms with Crippen LogP contribution in [0.25, 0.3) is 0 Å². The number of thioether (sulfide) groups is 1. The van der Waals surface area contributed by atoms with Crippen molar-refractivity contribution in [2.45, 2.75) is 30.9 Å². The van der Waals surface area contributed by atoms with E-state index in [4.69, 9.17) is 9.47 Å². The third-order valence-corrected chi connectivity index (χ3v) is 4.62. The SMILES string of the molecule is COc1ccc(S[C@H](C)C(=O)Nc2cc(C)cc(C)c2)cc1OC. The monoisotopic (exact) mass is 345 g/mol. The lowest BCUT2D eigenvalue weighted by molar-refractivity contribution is -0.115. The molecule has 2 rings (SSSR count). The summed E-state index contributed by atoms with van der Waals surface area (Å²) < 4.78 is 10.5. The standard InChI is InChI=1S/C19H23NO3S/c1-12-8-13(2)10-15(9-12)20-19(21)14(3)24-16-6-7-17(22-4)18(11-16)23-5/h6-11,14H,1-5H3,(H,20,21)/t14-/m1/s1. The van der Waals surface area contributed by atoms with Crippen LogP contribution in [0.1, 0.15) is 18.1 Å². The molecule has 1 atom stereocenters. The number of amides is 1. The maximum Gasteiger partial charge on any atom is 0.237 e. The van der Waals surface area contributed by atoms with Crippen LogP contribution in [0.3, 0.4) is 0 Å². The van der Waals surface area contributed by atoms with Crippen molar-refractivity contribution in [2.75, 3.05) is 19.5 Å². The maximum atomic E-state index is 12.4. The summed E-state index contributed by atoms with van der Waals surface area (Å²) in [5.74, 6) is 1.30. The van der Waals surface area contributed by atoms with Crippen LogP contribution in [0.15, 0.2) is 41.3 Å². The molecule has 0 aliphatic carbocycles. The average Bonchev–Trinajstić information content (AvgIpc) is 2.53. The average molecular weight is 345 g/mol. The lowest BCUT2D eigenvalue weighted by Gasteiger charge is -2.14. The molecule has 4 nitrogen and oxygen atoms in total. The summed E-state index contributed by atoms with van der Waals surface area (Å²) in [5, 5.41) is 2.75. The van der Waals surface area contributed by atoms with Gasteiger partial charge in [0.15, 0.2) is 11.5 Å².